The van der Waals surface area contributed by atoms with Gasteiger partial charge in [0.05, 0.1) is 0 Å². The van der Waals surface area contributed by atoms with Crippen molar-refractivity contribution in [2.24, 2.45) is 11.8 Å². The summed E-state index contributed by atoms with van der Waals surface area (Å²) in [6.07, 6.45) is 2.53. The van der Waals surface area contributed by atoms with Crippen LogP contribution in [0.15, 0.2) is 16.5 Å². The van der Waals surface area contributed by atoms with E-state index in [1.165, 1.54) is 0 Å². The molecule has 78 valence electrons. The van der Waals surface area contributed by atoms with Gasteiger partial charge in [0.1, 0.15) is 12.0 Å². The van der Waals surface area contributed by atoms with E-state index >= 15 is 0 Å². The molecule has 1 aromatic rings. The predicted octanol–water partition coefficient (Wildman–Crippen LogP) is 3.34. The van der Waals surface area contributed by atoms with E-state index in [1.807, 2.05) is 6.07 Å². The number of rotatable bonds is 5. The Bertz CT molecular complexity index is 291. The predicted molar refractivity (Wildman–Crippen MR) is 56.4 cm³/mol. The average molecular weight is 215 g/mol. The quantitative estimate of drug-likeness (QED) is 0.704. The van der Waals surface area contributed by atoms with Crippen molar-refractivity contribution < 1.29 is 9.21 Å². The van der Waals surface area contributed by atoms with Gasteiger partial charge in [-0.2, -0.15) is 0 Å². The summed E-state index contributed by atoms with van der Waals surface area (Å²) in [7, 11) is 0. The number of aldehydes is 1. The molecule has 0 saturated carbocycles. The van der Waals surface area contributed by atoms with E-state index in [2.05, 4.69) is 13.8 Å². The molecule has 0 spiro atoms. The second-order valence-electron chi connectivity index (χ2n) is 3.94. The summed E-state index contributed by atoms with van der Waals surface area (Å²) in [5, 5.41) is 0.384. The molecule has 1 unspecified atom stereocenters. The molecule has 1 heterocycles. The number of hydrogen-bond acceptors (Lipinski definition) is 2. The zero-order chi connectivity index (χ0) is 10.6. The number of hydrogen-bond donors (Lipinski definition) is 0. The van der Waals surface area contributed by atoms with Crippen LogP contribution in [0.4, 0.5) is 0 Å². The molecule has 0 aliphatic rings. The maximum atomic E-state index is 10.8. The highest BCUT2D eigenvalue weighted by atomic mass is 35.5. The molecule has 2 nitrogen and oxygen atoms in total. The summed E-state index contributed by atoms with van der Waals surface area (Å²) in [5.74, 6) is 1.35. The molecule has 0 fully saturated rings. The van der Waals surface area contributed by atoms with Crippen LogP contribution in [0.3, 0.4) is 0 Å². The van der Waals surface area contributed by atoms with Crippen LogP contribution in [0.25, 0.3) is 0 Å². The number of carbonyl (C=O) groups excluding carboxylic acids is 1. The first-order chi connectivity index (χ1) is 6.61. The van der Waals surface area contributed by atoms with Crippen LogP contribution in [0.5, 0.6) is 0 Å². The van der Waals surface area contributed by atoms with E-state index in [1.54, 1.807) is 6.07 Å². The minimum absolute atomic E-state index is 0.0391. The normalized spacial score (nSPS) is 13.1. The van der Waals surface area contributed by atoms with Crippen molar-refractivity contribution in [3.8, 4) is 0 Å². The van der Waals surface area contributed by atoms with Crippen LogP contribution >= 0.6 is 11.6 Å². The van der Waals surface area contributed by atoms with Crippen LogP contribution in [-0.2, 0) is 11.2 Å². The Hall–Kier alpha value is -0.760. The smallest absolute Gasteiger partial charge is 0.193 e. The zero-order valence-corrected chi connectivity index (χ0v) is 9.25. The maximum absolute atomic E-state index is 10.8. The Labute approximate surface area is 89.2 Å². The summed E-state index contributed by atoms with van der Waals surface area (Å²) in [6.45, 7) is 4.21. The fraction of sp³-hybridized carbons (Fsp3) is 0.545. The van der Waals surface area contributed by atoms with Crippen molar-refractivity contribution in [2.75, 3.05) is 0 Å². The maximum Gasteiger partial charge on any atom is 0.193 e. The van der Waals surface area contributed by atoms with Crippen LogP contribution < -0.4 is 0 Å². The van der Waals surface area contributed by atoms with Gasteiger partial charge in [0.25, 0.3) is 0 Å². The molecule has 1 rings (SSSR count). The molecule has 0 amide bonds. The van der Waals surface area contributed by atoms with Crippen molar-refractivity contribution in [1.29, 1.82) is 0 Å². The molecular weight excluding hydrogens is 200 g/mol. The summed E-state index contributed by atoms with van der Waals surface area (Å²) >= 11 is 5.64. The molecule has 0 radical (unpaired) electrons. The molecule has 0 aliphatic carbocycles. The van der Waals surface area contributed by atoms with Gasteiger partial charge in [-0.15, -0.1) is 0 Å². The van der Waals surface area contributed by atoms with Gasteiger partial charge in [-0.25, -0.2) is 0 Å². The van der Waals surface area contributed by atoms with E-state index in [9.17, 15) is 4.79 Å². The third-order valence-electron chi connectivity index (χ3n) is 2.06. The highest BCUT2D eigenvalue weighted by molar-refractivity contribution is 6.28. The lowest BCUT2D eigenvalue weighted by molar-refractivity contribution is -0.111. The highest BCUT2D eigenvalue weighted by Gasteiger charge is 2.12. The molecule has 0 aromatic carbocycles. The minimum atomic E-state index is 0.0391. The standard InChI is InChI=1S/C11H15ClO2/c1-8(2)5-9(7-13)6-10-3-4-11(12)14-10/h3-4,7-9H,5-6H2,1-2H3. The first-order valence-corrected chi connectivity index (χ1v) is 5.19. The first kappa shape index (κ1) is 11.3. The lowest BCUT2D eigenvalue weighted by Crippen LogP contribution is -2.08. The molecule has 0 saturated heterocycles. The Balaban J connectivity index is 2.52. The van der Waals surface area contributed by atoms with E-state index in [0.717, 1.165) is 18.5 Å². The van der Waals surface area contributed by atoms with E-state index in [-0.39, 0.29) is 5.92 Å². The SMILES string of the molecule is CC(C)CC(C=O)Cc1ccc(Cl)o1. The molecule has 0 N–H and O–H groups in total. The van der Waals surface area contributed by atoms with Gasteiger partial charge in [-0.05, 0) is 36.1 Å². The van der Waals surface area contributed by atoms with Gasteiger partial charge >= 0.3 is 0 Å². The van der Waals surface area contributed by atoms with Gasteiger partial charge in [0.2, 0.25) is 0 Å². The second kappa shape index (κ2) is 5.20. The molecule has 1 atom stereocenters. The van der Waals surface area contributed by atoms with Crippen LogP contribution in [0.2, 0.25) is 5.22 Å². The monoisotopic (exact) mass is 214 g/mol. The molecule has 0 bridgehead atoms. The summed E-state index contributed by atoms with van der Waals surface area (Å²) in [6, 6.07) is 3.52. The van der Waals surface area contributed by atoms with Gasteiger partial charge in [0.15, 0.2) is 5.22 Å². The molecule has 1 aromatic heterocycles. The van der Waals surface area contributed by atoms with Crippen molar-refractivity contribution >= 4 is 17.9 Å². The van der Waals surface area contributed by atoms with Crippen molar-refractivity contribution in [1.82, 2.24) is 0 Å². The van der Waals surface area contributed by atoms with Gasteiger partial charge < -0.3 is 9.21 Å². The Kier molecular flexibility index (Phi) is 4.21. The summed E-state index contributed by atoms with van der Waals surface area (Å²) < 4.78 is 5.20. The minimum Gasteiger partial charge on any atom is -0.450 e. The Morgan fingerprint density at radius 3 is 2.64 bits per heavy atom. The van der Waals surface area contributed by atoms with Gasteiger partial charge in [0, 0.05) is 12.3 Å². The fourth-order valence-electron chi connectivity index (χ4n) is 1.51. The van der Waals surface area contributed by atoms with E-state index in [4.69, 9.17) is 16.0 Å². The highest BCUT2D eigenvalue weighted by Crippen LogP contribution is 2.19. The third kappa shape index (κ3) is 3.54. The van der Waals surface area contributed by atoms with Gasteiger partial charge in [-0.1, -0.05) is 13.8 Å². The fourth-order valence-corrected chi connectivity index (χ4v) is 1.67. The first-order valence-electron chi connectivity index (χ1n) is 4.81. The van der Waals surface area contributed by atoms with Crippen molar-refractivity contribution in [3.63, 3.8) is 0 Å². The molecular formula is C11H15ClO2. The van der Waals surface area contributed by atoms with E-state index < -0.39 is 0 Å². The van der Waals surface area contributed by atoms with E-state index in [0.29, 0.717) is 17.6 Å². The van der Waals surface area contributed by atoms with Crippen molar-refractivity contribution in [3.05, 3.63) is 23.1 Å². The number of carbonyl (C=O) groups is 1. The number of halogens is 1. The Morgan fingerprint density at radius 2 is 2.21 bits per heavy atom. The van der Waals surface area contributed by atoms with Crippen LogP contribution in [0.1, 0.15) is 26.0 Å². The molecule has 14 heavy (non-hydrogen) atoms. The van der Waals surface area contributed by atoms with Crippen LogP contribution in [0, 0.1) is 11.8 Å². The number of furan rings is 1. The largest absolute Gasteiger partial charge is 0.450 e. The van der Waals surface area contributed by atoms with Gasteiger partial charge in [-0.3, -0.25) is 0 Å². The Morgan fingerprint density at radius 1 is 1.50 bits per heavy atom. The molecule has 3 heteroatoms. The van der Waals surface area contributed by atoms with Crippen molar-refractivity contribution in [2.45, 2.75) is 26.7 Å². The second-order valence-corrected chi connectivity index (χ2v) is 4.31. The average Bonchev–Trinajstić information content (AvgIpc) is 2.49. The summed E-state index contributed by atoms with van der Waals surface area (Å²) in [4.78, 5) is 10.8. The summed E-state index contributed by atoms with van der Waals surface area (Å²) in [5.41, 5.74) is 0. The van der Waals surface area contributed by atoms with Crippen LogP contribution in [-0.4, -0.2) is 6.29 Å². The lowest BCUT2D eigenvalue weighted by Gasteiger charge is -2.10. The molecule has 0 aliphatic heterocycles. The zero-order valence-electron chi connectivity index (χ0n) is 8.50. The third-order valence-corrected chi connectivity index (χ3v) is 2.26. The lowest BCUT2D eigenvalue weighted by atomic mass is 9.95. The topological polar surface area (TPSA) is 30.2 Å².